The number of ether oxygens (including phenoxy) is 1. The number of aromatic nitrogens is 1. The second-order valence-corrected chi connectivity index (χ2v) is 7.21. The lowest BCUT2D eigenvalue weighted by Gasteiger charge is -2.24. The maximum atomic E-state index is 12.5. The summed E-state index contributed by atoms with van der Waals surface area (Å²) in [4.78, 5) is 16.6. The fourth-order valence-electron chi connectivity index (χ4n) is 3.27. The largest absolute Gasteiger partial charge is 0.573 e. The third-order valence-electron chi connectivity index (χ3n) is 4.46. The minimum absolute atomic E-state index is 0.0254. The van der Waals surface area contributed by atoms with Gasteiger partial charge in [0.1, 0.15) is 11.4 Å². The van der Waals surface area contributed by atoms with Crippen LogP contribution in [0.15, 0.2) is 35.7 Å². The molecule has 1 aliphatic rings. The highest BCUT2D eigenvalue weighted by atomic mass is 32.1. The molecule has 1 atom stereocenters. The molecule has 1 unspecified atom stereocenters. The van der Waals surface area contributed by atoms with Gasteiger partial charge in [-0.1, -0.05) is 6.07 Å². The number of rotatable bonds is 4. The number of hydrogen-bond donors (Lipinski definition) is 3. The minimum Gasteiger partial charge on any atom is -0.405 e. The number of halogens is 3. The molecular formula is C18H16F3N3O2S. The molecular weight excluding hydrogens is 379 g/mol. The lowest BCUT2D eigenvalue weighted by molar-refractivity contribution is -0.274. The smallest absolute Gasteiger partial charge is 0.405 e. The number of fused-ring (bicyclic) bond motifs is 2. The maximum absolute atomic E-state index is 12.5. The van der Waals surface area contributed by atoms with Crippen molar-refractivity contribution in [2.45, 2.75) is 18.8 Å². The van der Waals surface area contributed by atoms with Crippen LogP contribution in [0, 0.1) is 0 Å². The van der Waals surface area contributed by atoms with Crippen LogP contribution in [0.5, 0.6) is 5.75 Å². The van der Waals surface area contributed by atoms with E-state index in [1.807, 2.05) is 11.4 Å². The molecule has 1 aliphatic heterocycles. The van der Waals surface area contributed by atoms with Crippen LogP contribution in [-0.2, 0) is 6.42 Å². The fraction of sp³-hybridized carbons (Fsp3) is 0.278. The predicted octanol–water partition coefficient (Wildman–Crippen LogP) is 3.74. The van der Waals surface area contributed by atoms with Gasteiger partial charge in [0.2, 0.25) is 0 Å². The van der Waals surface area contributed by atoms with Crippen LogP contribution in [0.2, 0.25) is 0 Å². The first-order valence-electron chi connectivity index (χ1n) is 8.36. The van der Waals surface area contributed by atoms with E-state index in [-0.39, 0.29) is 28.8 Å². The average Bonchev–Trinajstić information content (AvgIpc) is 3.25. The van der Waals surface area contributed by atoms with Gasteiger partial charge in [0.25, 0.3) is 5.91 Å². The van der Waals surface area contributed by atoms with Crippen molar-refractivity contribution < 1.29 is 22.7 Å². The van der Waals surface area contributed by atoms with Gasteiger partial charge in [-0.25, -0.2) is 0 Å². The van der Waals surface area contributed by atoms with E-state index in [2.05, 4.69) is 20.4 Å². The summed E-state index contributed by atoms with van der Waals surface area (Å²) in [5.41, 5.74) is 1.77. The zero-order valence-corrected chi connectivity index (χ0v) is 14.8. The van der Waals surface area contributed by atoms with E-state index in [1.165, 1.54) is 28.6 Å². The third-order valence-corrected chi connectivity index (χ3v) is 5.46. The van der Waals surface area contributed by atoms with Crippen LogP contribution in [0.3, 0.4) is 0 Å². The highest BCUT2D eigenvalue weighted by molar-refractivity contribution is 7.10. The van der Waals surface area contributed by atoms with Crippen molar-refractivity contribution in [1.82, 2.24) is 15.6 Å². The molecule has 0 radical (unpaired) electrons. The number of aromatic amines is 1. The number of amides is 1. The Morgan fingerprint density at radius 2 is 2.19 bits per heavy atom. The highest BCUT2D eigenvalue weighted by Gasteiger charge is 2.32. The summed E-state index contributed by atoms with van der Waals surface area (Å²) in [6.07, 6.45) is -3.82. The van der Waals surface area contributed by atoms with Crippen molar-refractivity contribution >= 4 is 28.1 Å². The van der Waals surface area contributed by atoms with E-state index in [0.717, 1.165) is 13.0 Å². The van der Waals surface area contributed by atoms with Gasteiger partial charge in [-0.3, -0.25) is 4.79 Å². The van der Waals surface area contributed by atoms with E-state index in [1.54, 1.807) is 17.4 Å². The third kappa shape index (κ3) is 3.79. The van der Waals surface area contributed by atoms with E-state index in [4.69, 9.17) is 0 Å². The van der Waals surface area contributed by atoms with E-state index >= 15 is 0 Å². The second kappa shape index (κ2) is 6.90. The van der Waals surface area contributed by atoms with Crippen molar-refractivity contribution in [1.29, 1.82) is 0 Å². The van der Waals surface area contributed by atoms with Crippen molar-refractivity contribution in [3.63, 3.8) is 0 Å². The molecule has 0 bridgehead atoms. The van der Waals surface area contributed by atoms with Gasteiger partial charge >= 0.3 is 6.36 Å². The summed E-state index contributed by atoms with van der Waals surface area (Å²) in [7, 11) is 0. The standard InChI is InChI=1S/C18H16F3N3O2S/c19-18(20,21)26-15-3-1-2-12-11(15)8-13(24-12)17(25)23-9-14-10-5-7-27-16(10)4-6-22-14/h1-3,5,7-8,14,22,24H,4,6,9H2,(H,23,25). The van der Waals surface area contributed by atoms with Crippen LogP contribution in [-0.4, -0.2) is 30.3 Å². The molecule has 2 aromatic heterocycles. The summed E-state index contributed by atoms with van der Waals surface area (Å²) in [6.45, 7) is 1.24. The summed E-state index contributed by atoms with van der Waals surface area (Å²) < 4.78 is 41.6. The van der Waals surface area contributed by atoms with Crippen LogP contribution in [0.4, 0.5) is 13.2 Å². The average molecular weight is 395 g/mol. The molecule has 0 spiro atoms. The first-order chi connectivity index (χ1) is 12.9. The molecule has 27 heavy (non-hydrogen) atoms. The topological polar surface area (TPSA) is 66.2 Å². The SMILES string of the molecule is O=C(NCC1NCCc2sccc21)c1cc2c(OC(F)(F)F)cccc2[nH]1. The number of thiophene rings is 1. The number of H-pyrrole nitrogens is 1. The Hall–Kier alpha value is -2.52. The van der Waals surface area contributed by atoms with Gasteiger partial charge in [0, 0.05) is 28.9 Å². The summed E-state index contributed by atoms with van der Waals surface area (Å²) in [5.74, 6) is -0.722. The summed E-state index contributed by atoms with van der Waals surface area (Å²) in [6, 6.07) is 7.69. The van der Waals surface area contributed by atoms with E-state index in [0.29, 0.717) is 12.1 Å². The Bertz CT molecular complexity index is 980. The van der Waals surface area contributed by atoms with Crippen LogP contribution < -0.4 is 15.4 Å². The second-order valence-electron chi connectivity index (χ2n) is 6.21. The first-order valence-corrected chi connectivity index (χ1v) is 9.24. The lowest BCUT2D eigenvalue weighted by Crippen LogP contribution is -2.38. The predicted molar refractivity (Wildman–Crippen MR) is 96.1 cm³/mol. The summed E-state index contributed by atoms with van der Waals surface area (Å²) in [5, 5.41) is 8.44. The number of alkyl halides is 3. The van der Waals surface area contributed by atoms with E-state index in [9.17, 15) is 18.0 Å². The quantitative estimate of drug-likeness (QED) is 0.631. The van der Waals surface area contributed by atoms with Crippen LogP contribution in [0.1, 0.15) is 27.0 Å². The van der Waals surface area contributed by atoms with Gasteiger partial charge in [-0.05, 0) is 41.6 Å². The molecule has 0 saturated carbocycles. The number of nitrogens with one attached hydrogen (secondary N) is 3. The summed E-state index contributed by atoms with van der Waals surface area (Å²) >= 11 is 1.70. The molecule has 0 saturated heterocycles. The molecule has 3 aromatic rings. The van der Waals surface area contributed by atoms with Crippen LogP contribution in [0.25, 0.3) is 10.9 Å². The zero-order valence-electron chi connectivity index (χ0n) is 14.0. The molecule has 0 fully saturated rings. The Labute approximate surface area is 156 Å². The number of hydrogen-bond acceptors (Lipinski definition) is 4. The van der Waals surface area contributed by atoms with Gasteiger partial charge in [-0.2, -0.15) is 0 Å². The zero-order chi connectivity index (χ0) is 19.0. The molecule has 142 valence electrons. The number of carbonyl (C=O) groups is 1. The van der Waals surface area contributed by atoms with Gasteiger partial charge in [0.15, 0.2) is 0 Å². The molecule has 1 aromatic carbocycles. The van der Waals surface area contributed by atoms with E-state index < -0.39 is 6.36 Å². The Morgan fingerprint density at radius 1 is 1.33 bits per heavy atom. The van der Waals surface area contributed by atoms with Crippen molar-refractivity contribution in [2.75, 3.05) is 13.1 Å². The first kappa shape index (κ1) is 17.9. The van der Waals surface area contributed by atoms with Gasteiger partial charge in [-0.15, -0.1) is 24.5 Å². The Balaban J connectivity index is 1.50. The molecule has 0 aliphatic carbocycles. The Kier molecular flexibility index (Phi) is 4.56. The molecule has 9 heteroatoms. The maximum Gasteiger partial charge on any atom is 0.573 e. The fourth-order valence-corrected chi connectivity index (χ4v) is 4.21. The van der Waals surface area contributed by atoms with Gasteiger partial charge < -0.3 is 20.4 Å². The molecule has 4 rings (SSSR count). The van der Waals surface area contributed by atoms with Crippen molar-refractivity contribution in [2.24, 2.45) is 0 Å². The van der Waals surface area contributed by atoms with Gasteiger partial charge in [0.05, 0.1) is 6.04 Å². The normalized spacial score (nSPS) is 16.9. The van der Waals surface area contributed by atoms with Crippen LogP contribution >= 0.6 is 11.3 Å². The molecule has 3 heterocycles. The van der Waals surface area contributed by atoms with Crippen molar-refractivity contribution in [3.8, 4) is 5.75 Å². The number of carbonyl (C=O) groups excluding carboxylic acids is 1. The monoisotopic (exact) mass is 395 g/mol. The highest BCUT2D eigenvalue weighted by Crippen LogP contribution is 2.31. The lowest BCUT2D eigenvalue weighted by atomic mass is 10.0. The Morgan fingerprint density at radius 3 is 3.00 bits per heavy atom. The number of benzene rings is 1. The molecule has 1 amide bonds. The molecule has 3 N–H and O–H groups in total. The van der Waals surface area contributed by atoms with Crippen molar-refractivity contribution in [3.05, 3.63) is 51.8 Å². The minimum atomic E-state index is -4.79. The molecule has 5 nitrogen and oxygen atoms in total.